The first-order valence-electron chi connectivity index (χ1n) is 10.1. The summed E-state index contributed by atoms with van der Waals surface area (Å²) in [5.41, 5.74) is 0. The molecule has 0 fully saturated rings. The molecule has 0 aliphatic carbocycles. The number of hydrogen-bond donors (Lipinski definition) is 2. The average Bonchev–Trinajstić information content (AvgIpc) is 2.98. The fourth-order valence-electron chi connectivity index (χ4n) is 3.28. The molecule has 0 bridgehead atoms. The van der Waals surface area contributed by atoms with Gasteiger partial charge in [0.25, 0.3) is 0 Å². The summed E-state index contributed by atoms with van der Waals surface area (Å²) in [6, 6.07) is 0. The van der Waals surface area contributed by atoms with Crippen molar-refractivity contribution < 1.29 is 62.1 Å². The fourth-order valence-corrected chi connectivity index (χ4v) is 3.86. The Morgan fingerprint density at radius 2 is 1.93 bits per heavy atom. The molecule has 0 aromatic carbocycles. The number of carbonyl (C=O) groups excluding carboxylic acids is 1. The molecule has 1 heterocycles. The second-order valence-electron chi connectivity index (χ2n) is 7.14. The maximum absolute atomic E-state index is 12.7. The van der Waals surface area contributed by atoms with Gasteiger partial charge in [-0.1, -0.05) is 31.9 Å². The van der Waals surface area contributed by atoms with E-state index < -0.39 is 22.0 Å². The van der Waals surface area contributed by atoms with E-state index in [0.717, 1.165) is 25.7 Å². The minimum absolute atomic E-state index is 0. The molecule has 0 aromatic heterocycles. The molecule has 1 unspecified atom stereocenters. The summed E-state index contributed by atoms with van der Waals surface area (Å²) < 4.78 is 34.1. The first-order valence-corrected chi connectivity index (χ1v) is 11.6. The van der Waals surface area contributed by atoms with Gasteiger partial charge in [0.2, 0.25) is 5.78 Å². The molecule has 8 nitrogen and oxygen atoms in total. The van der Waals surface area contributed by atoms with Crippen LogP contribution in [-0.4, -0.2) is 88.9 Å². The number of β-amino-alcohol motifs (C(OH)–C–C–N with tert-alkyl or cyclic N) is 2. The summed E-state index contributed by atoms with van der Waals surface area (Å²) >= 11 is 0. The van der Waals surface area contributed by atoms with E-state index in [4.69, 9.17) is 0 Å². The molecule has 0 radical (unpaired) electrons. The maximum atomic E-state index is 12.7. The number of ketones is 1. The first-order chi connectivity index (χ1) is 13.3. The van der Waals surface area contributed by atoms with Crippen LogP contribution in [0.3, 0.4) is 0 Å². The molecule has 0 saturated heterocycles. The monoisotopic (exact) mass is 441 g/mol. The normalized spacial score (nSPS) is 15.8. The molecule has 0 aromatic rings. The molecule has 0 saturated carbocycles. The maximum Gasteiger partial charge on any atom is 1.00 e. The molecule has 2 N–H and O–H groups in total. The van der Waals surface area contributed by atoms with Crippen LogP contribution in [0.5, 0.6) is 0 Å². The molecule has 162 valence electrons. The molecule has 29 heavy (non-hydrogen) atoms. The van der Waals surface area contributed by atoms with Crippen molar-refractivity contribution in [2.45, 2.75) is 58.0 Å². The Hall–Kier alpha value is -0.290. The third kappa shape index (κ3) is 12.2. The smallest absolute Gasteiger partial charge is 0.748 e. The number of aliphatic hydroxyl groups excluding tert-OH is 2. The summed E-state index contributed by atoms with van der Waals surface area (Å²) in [4.78, 5) is 14.5. The van der Waals surface area contributed by atoms with Crippen LogP contribution >= 0.6 is 0 Å². The predicted octanol–water partition coefficient (Wildman–Crippen LogP) is -2.51. The van der Waals surface area contributed by atoms with Crippen LogP contribution in [0.25, 0.3) is 0 Å². The van der Waals surface area contributed by atoms with E-state index in [0.29, 0.717) is 31.9 Å². The van der Waals surface area contributed by atoms with Crippen LogP contribution in [0.4, 0.5) is 0 Å². The van der Waals surface area contributed by atoms with Gasteiger partial charge in [-0.05, 0) is 25.7 Å². The van der Waals surface area contributed by atoms with Gasteiger partial charge in [0.05, 0.1) is 22.5 Å². The quantitative estimate of drug-likeness (QED) is 0.0947. The van der Waals surface area contributed by atoms with E-state index in [1.54, 1.807) is 9.48 Å². The number of allylic oxidation sites excluding steroid dienone is 2. The zero-order chi connectivity index (χ0) is 21.0. The van der Waals surface area contributed by atoms with Gasteiger partial charge < -0.3 is 14.8 Å². The minimum Gasteiger partial charge on any atom is -0.748 e. The van der Waals surface area contributed by atoms with Crippen LogP contribution < -0.4 is 29.6 Å². The van der Waals surface area contributed by atoms with Crippen molar-refractivity contribution in [3.8, 4) is 0 Å². The Balaban J connectivity index is 0.00000784. The number of Topliss-reactive ketones (excluding diaryl/α,β-unsaturated/α-hetero) is 1. The van der Waals surface area contributed by atoms with Gasteiger partial charge >= 0.3 is 35.4 Å². The van der Waals surface area contributed by atoms with Gasteiger partial charge in [0, 0.05) is 6.42 Å². The Kier molecular flexibility index (Phi) is 15.3. The average molecular weight is 442 g/mol. The Morgan fingerprint density at radius 1 is 1.28 bits per heavy atom. The predicted molar refractivity (Wildman–Crippen MR) is 106 cm³/mol. The first kappa shape index (κ1) is 28.7. The van der Waals surface area contributed by atoms with Crippen LogP contribution in [-0.2, 0) is 14.9 Å². The SMILES string of the molecule is CCCC/C=C/CCCCC(=O)C1=[N+](CC(O)CS(=O)(=O)[O-])CCN1CCO.[Na+]. The third-order valence-corrected chi connectivity index (χ3v) is 5.39. The van der Waals surface area contributed by atoms with Crippen LogP contribution in [0.1, 0.15) is 51.9 Å². The molecule has 1 atom stereocenters. The van der Waals surface area contributed by atoms with Crippen molar-refractivity contribution >= 4 is 21.7 Å². The van der Waals surface area contributed by atoms with Crippen molar-refractivity contribution in [2.75, 3.05) is 38.5 Å². The van der Waals surface area contributed by atoms with Gasteiger partial charge in [-0.2, -0.15) is 0 Å². The number of nitrogens with zero attached hydrogens (tertiary/aromatic N) is 2. The molecule has 10 heteroatoms. The summed E-state index contributed by atoms with van der Waals surface area (Å²) in [6.07, 6.45) is 9.32. The van der Waals surface area contributed by atoms with Gasteiger partial charge in [-0.25, -0.2) is 8.42 Å². The third-order valence-electron chi connectivity index (χ3n) is 4.60. The number of amidine groups is 1. The van der Waals surface area contributed by atoms with Crippen LogP contribution in [0, 0.1) is 0 Å². The Bertz CT molecular complexity index is 651. The van der Waals surface area contributed by atoms with Crippen molar-refractivity contribution in [1.82, 2.24) is 4.90 Å². The molecule has 0 amide bonds. The Morgan fingerprint density at radius 3 is 2.52 bits per heavy atom. The Labute approximate surface area is 196 Å². The summed E-state index contributed by atoms with van der Waals surface area (Å²) in [5.74, 6) is -0.567. The summed E-state index contributed by atoms with van der Waals surface area (Å²) in [6.45, 7) is 3.21. The minimum atomic E-state index is -4.54. The number of unbranched alkanes of at least 4 members (excludes halogenated alkanes) is 4. The standard InChI is InChI=1S/C19H34N2O6S.Na/c1-2-3-4-5-6-7-8-9-10-18(24)19-20(13-14-22)11-12-21(19)15-17(23)16-28(25,26)27;/h5-6,17,22-23H,2-4,7-16H2,1H3;/q;+1/b6-5+;. The van der Waals surface area contributed by atoms with Gasteiger partial charge in [-0.15, -0.1) is 0 Å². The van der Waals surface area contributed by atoms with Crippen molar-refractivity contribution in [2.24, 2.45) is 0 Å². The molecule has 1 rings (SSSR count). The van der Waals surface area contributed by atoms with E-state index in [2.05, 4.69) is 19.1 Å². The topological polar surface area (TPSA) is 121 Å². The second kappa shape index (κ2) is 15.5. The van der Waals surface area contributed by atoms with Gasteiger partial charge in [-0.3, -0.25) is 14.3 Å². The van der Waals surface area contributed by atoms with Crippen LogP contribution in [0.2, 0.25) is 0 Å². The molecular formula is C19H34N2NaO6S+. The van der Waals surface area contributed by atoms with E-state index in [1.165, 1.54) is 12.8 Å². The zero-order valence-corrected chi connectivity index (χ0v) is 20.6. The van der Waals surface area contributed by atoms with E-state index in [1.807, 2.05) is 0 Å². The van der Waals surface area contributed by atoms with E-state index >= 15 is 0 Å². The van der Waals surface area contributed by atoms with Crippen molar-refractivity contribution in [3.05, 3.63) is 12.2 Å². The van der Waals surface area contributed by atoms with E-state index in [-0.39, 0.29) is 48.5 Å². The number of carbonyl (C=O) groups is 1. The molecule has 0 spiro atoms. The second-order valence-corrected chi connectivity index (χ2v) is 8.59. The summed E-state index contributed by atoms with van der Waals surface area (Å²) in [7, 11) is -4.54. The summed E-state index contributed by atoms with van der Waals surface area (Å²) in [5, 5.41) is 19.1. The van der Waals surface area contributed by atoms with Crippen molar-refractivity contribution in [3.63, 3.8) is 0 Å². The largest absolute Gasteiger partial charge is 1.00 e. The van der Waals surface area contributed by atoms with Crippen LogP contribution in [0.15, 0.2) is 12.2 Å². The number of aliphatic hydroxyl groups is 2. The van der Waals surface area contributed by atoms with Gasteiger partial charge in [0.15, 0.2) is 0 Å². The van der Waals surface area contributed by atoms with E-state index in [9.17, 15) is 28.0 Å². The molecule has 1 aliphatic rings. The van der Waals surface area contributed by atoms with Crippen molar-refractivity contribution in [1.29, 1.82) is 0 Å². The molecule has 1 aliphatic heterocycles. The number of rotatable bonds is 15. The number of hydrogen-bond acceptors (Lipinski definition) is 7. The zero-order valence-electron chi connectivity index (χ0n) is 17.8. The molecular weight excluding hydrogens is 407 g/mol. The fraction of sp³-hybridized carbons (Fsp3) is 0.789. The van der Waals surface area contributed by atoms with Gasteiger partial charge in [0.1, 0.15) is 32.3 Å².